The largest absolute Gasteiger partial charge is 0.388 e. The highest BCUT2D eigenvalue weighted by Gasteiger charge is 2.13. The zero-order valence-corrected chi connectivity index (χ0v) is 9.43. The minimum Gasteiger partial charge on any atom is -0.388 e. The molecule has 2 aromatic carbocycles. The van der Waals surface area contributed by atoms with E-state index in [4.69, 9.17) is 0 Å². The SMILES string of the molecule is C=C[C@@H](C)[C@H](O)c1ccc2ccccc2c1. The fourth-order valence-electron chi connectivity index (χ4n) is 1.82. The van der Waals surface area contributed by atoms with Gasteiger partial charge in [0.1, 0.15) is 0 Å². The summed E-state index contributed by atoms with van der Waals surface area (Å²) in [6, 6.07) is 14.2. The molecule has 0 aliphatic carbocycles. The molecule has 0 heterocycles. The predicted molar refractivity (Wildman–Crippen MR) is 68.3 cm³/mol. The van der Waals surface area contributed by atoms with Crippen LogP contribution in [0.4, 0.5) is 0 Å². The molecule has 16 heavy (non-hydrogen) atoms. The van der Waals surface area contributed by atoms with E-state index < -0.39 is 6.10 Å². The lowest BCUT2D eigenvalue weighted by molar-refractivity contribution is 0.140. The van der Waals surface area contributed by atoms with Crippen molar-refractivity contribution in [2.75, 3.05) is 0 Å². The van der Waals surface area contributed by atoms with Gasteiger partial charge in [-0.1, -0.05) is 49.4 Å². The molecule has 0 bridgehead atoms. The average molecular weight is 212 g/mol. The predicted octanol–water partition coefficient (Wildman–Crippen LogP) is 3.70. The minimum atomic E-state index is -0.470. The van der Waals surface area contributed by atoms with Crippen molar-refractivity contribution in [1.82, 2.24) is 0 Å². The van der Waals surface area contributed by atoms with E-state index >= 15 is 0 Å². The molecule has 0 radical (unpaired) electrons. The fraction of sp³-hybridized carbons (Fsp3) is 0.200. The second-order valence-electron chi connectivity index (χ2n) is 4.15. The van der Waals surface area contributed by atoms with Crippen LogP contribution < -0.4 is 0 Å². The molecule has 0 fully saturated rings. The van der Waals surface area contributed by atoms with E-state index in [1.54, 1.807) is 6.08 Å². The van der Waals surface area contributed by atoms with Gasteiger partial charge in [0, 0.05) is 5.92 Å². The topological polar surface area (TPSA) is 20.2 Å². The van der Waals surface area contributed by atoms with E-state index in [-0.39, 0.29) is 5.92 Å². The smallest absolute Gasteiger partial charge is 0.0850 e. The highest BCUT2D eigenvalue weighted by atomic mass is 16.3. The lowest BCUT2D eigenvalue weighted by atomic mass is 9.95. The van der Waals surface area contributed by atoms with Crippen molar-refractivity contribution in [3.05, 3.63) is 60.7 Å². The lowest BCUT2D eigenvalue weighted by Crippen LogP contribution is -2.06. The van der Waals surface area contributed by atoms with Crippen LogP contribution in [0.25, 0.3) is 10.8 Å². The summed E-state index contributed by atoms with van der Waals surface area (Å²) in [7, 11) is 0. The Kier molecular flexibility index (Phi) is 3.07. The Bertz CT molecular complexity index is 502. The zero-order chi connectivity index (χ0) is 11.5. The summed E-state index contributed by atoms with van der Waals surface area (Å²) in [5, 5.41) is 12.4. The summed E-state index contributed by atoms with van der Waals surface area (Å²) in [5.74, 6) is 0.0705. The summed E-state index contributed by atoms with van der Waals surface area (Å²) in [5.41, 5.74) is 0.950. The maximum Gasteiger partial charge on any atom is 0.0850 e. The Morgan fingerprint density at radius 1 is 1.12 bits per heavy atom. The second-order valence-corrected chi connectivity index (χ2v) is 4.15. The van der Waals surface area contributed by atoms with Crippen LogP contribution in [0.1, 0.15) is 18.6 Å². The molecule has 1 N–H and O–H groups in total. The van der Waals surface area contributed by atoms with Gasteiger partial charge >= 0.3 is 0 Å². The quantitative estimate of drug-likeness (QED) is 0.769. The van der Waals surface area contributed by atoms with E-state index in [1.165, 1.54) is 5.39 Å². The van der Waals surface area contributed by atoms with E-state index in [1.807, 2.05) is 37.3 Å². The van der Waals surface area contributed by atoms with Crippen molar-refractivity contribution >= 4 is 10.8 Å². The summed E-state index contributed by atoms with van der Waals surface area (Å²) < 4.78 is 0. The Balaban J connectivity index is 2.42. The van der Waals surface area contributed by atoms with E-state index in [9.17, 15) is 5.11 Å². The van der Waals surface area contributed by atoms with Crippen LogP contribution in [0.15, 0.2) is 55.1 Å². The monoisotopic (exact) mass is 212 g/mol. The van der Waals surface area contributed by atoms with Crippen LogP contribution in [0.5, 0.6) is 0 Å². The molecule has 2 aromatic rings. The van der Waals surface area contributed by atoms with Gasteiger partial charge in [-0.05, 0) is 22.4 Å². The maximum absolute atomic E-state index is 10.1. The van der Waals surface area contributed by atoms with Crippen molar-refractivity contribution in [1.29, 1.82) is 0 Å². The highest BCUT2D eigenvalue weighted by Crippen LogP contribution is 2.25. The number of aliphatic hydroxyl groups is 1. The van der Waals surface area contributed by atoms with Crippen molar-refractivity contribution in [3.8, 4) is 0 Å². The van der Waals surface area contributed by atoms with Crippen molar-refractivity contribution in [2.45, 2.75) is 13.0 Å². The number of rotatable bonds is 3. The third-order valence-electron chi connectivity index (χ3n) is 2.98. The molecule has 0 aliphatic rings. The number of aliphatic hydroxyl groups excluding tert-OH is 1. The number of hydrogen-bond acceptors (Lipinski definition) is 1. The van der Waals surface area contributed by atoms with Gasteiger partial charge in [0.15, 0.2) is 0 Å². The van der Waals surface area contributed by atoms with Crippen LogP contribution in [0.3, 0.4) is 0 Å². The molecule has 0 aliphatic heterocycles. The van der Waals surface area contributed by atoms with E-state index in [2.05, 4.69) is 18.7 Å². The highest BCUT2D eigenvalue weighted by molar-refractivity contribution is 5.83. The van der Waals surface area contributed by atoms with E-state index in [0.29, 0.717) is 0 Å². The molecule has 0 aromatic heterocycles. The van der Waals surface area contributed by atoms with Gasteiger partial charge in [0.2, 0.25) is 0 Å². The van der Waals surface area contributed by atoms with Gasteiger partial charge in [-0.3, -0.25) is 0 Å². The summed E-state index contributed by atoms with van der Waals surface area (Å²) >= 11 is 0. The summed E-state index contributed by atoms with van der Waals surface area (Å²) in [6.07, 6.45) is 1.31. The van der Waals surface area contributed by atoms with Crippen molar-refractivity contribution in [3.63, 3.8) is 0 Å². The maximum atomic E-state index is 10.1. The number of fused-ring (bicyclic) bond motifs is 1. The number of benzene rings is 2. The molecule has 0 amide bonds. The minimum absolute atomic E-state index is 0.0705. The van der Waals surface area contributed by atoms with Gasteiger partial charge in [-0.15, -0.1) is 6.58 Å². The fourth-order valence-corrected chi connectivity index (χ4v) is 1.82. The molecule has 1 heteroatoms. The van der Waals surface area contributed by atoms with Gasteiger partial charge < -0.3 is 5.11 Å². The average Bonchev–Trinajstić information content (AvgIpc) is 2.36. The first-order valence-electron chi connectivity index (χ1n) is 5.51. The van der Waals surface area contributed by atoms with Crippen LogP contribution in [-0.4, -0.2) is 5.11 Å². The Morgan fingerprint density at radius 2 is 1.81 bits per heavy atom. The summed E-state index contributed by atoms with van der Waals surface area (Å²) in [6.45, 7) is 5.67. The van der Waals surface area contributed by atoms with Crippen molar-refractivity contribution in [2.24, 2.45) is 5.92 Å². The molecule has 2 atom stereocenters. The first-order valence-corrected chi connectivity index (χ1v) is 5.51. The van der Waals surface area contributed by atoms with Crippen LogP contribution in [0.2, 0.25) is 0 Å². The molecular formula is C15H16O. The molecule has 0 spiro atoms. The number of hydrogen-bond donors (Lipinski definition) is 1. The Labute approximate surface area is 96.0 Å². The molecule has 2 rings (SSSR count). The van der Waals surface area contributed by atoms with Crippen LogP contribution in [0, 0.1) is 5.92 Å². The van der Waals surface area contributed by atoms with Crippen LogP contribution >= 0.6 is 0 Å². The van der Waals surface area contributed by atoms with Gasteiger partial charge in [0.25, 0.3) is 0 Å². The van der Waals surface area contributed by atoms with Crippen molar-refractivity contribution < 1.29 is 5.11 Å². The first kappa shape index (κ1) is 10.9. The molecular weight excluding hydrogens is 196 g/mol. The first-order chi connectivity index (χ1) is 7.72. The van der Waals surface area contributed by atoms with Gasteiger partial charge in [-0.25, -0.2) is 0 Å². The Hall–Kier alpha value is -1.60. The van der Waals surface area contributed by atoms with Gasteiger partial charge in [0.05, 0.1) is 6.10 Å². The second kappa shape index (κ2) is 4.50. The molecule has 82 valence electrons. The molecule has 0 unspecified atom stereocenters. The third-order valence-corrected chi connectivity index (χ3v) is 2.98. The molecule has 0 saturated carbocycles. The molecule has 0 saturated heterocycles. The standard InChI is InChI=1S/C15H16O/c1-3-11(2)15(16)14-9-8-12-6-4-5-7-13(12)10-14/h3-11,15-16H,1H2,2H3/t11-,15+/m1/s1. The zero-order valence-electron chi connectivity index (χ0n) is 9.43. The third kappa shape index (κ3) is 2.00. The lowest BCUT2D eigenvalue weighted by Gasteiger charge is -2.16. The normalized spacial score (nSPS) is 14.6. The van der Waals surface area contributed by atoms with Gasteiger partial charge in [-0.2, -0.15) is 0 Å². The summed E-state index contributed by atoms with van der Waals surface area (Å²) in [4.78, 5) is 0. The molecule has 1 nitrogen and oxygen atoms in total. The van der Waals surface area contributed by atoms with Crippen LogP contribution in [-0.2, 0) is 0 Å². The van der Waals surface area contributed by atoms with E-state index in [0.717, 1.165) is 10.9 Å². The Morgan fingerprint density at radius 3 is 2.50 bits per heavy atom.